The van der Waals surface area contributed by atoms with Crippen molar-refractivity contribution < 1.29 is 9.53 Å². The molecule has 1 aromatic rings. The molecule has 0 bridgehead atoms. The van der Waals surface area contributed by atoms with Crippen molar-refractivity contribution in [2.24, 2.45) is 5.73 Å². The van der Waals surface area contributed by atoms with Crippen LogP contribution in [0.1, 0.15) is 20.3 Å². The van der Waals surface area contributed by atoms with Crippen molar-refractivity contribution in [2.45, 2.75) is 36.0 Å². The van der Waals surface area contributed by atoms with E-state index in [0.29, 0.717) is 6.42 Å². The monoisotopic (exact) mass is 282 g/mol. The van der Waals surface area contributed by atoms with E-state index in [2.05, 4.69) is 12.2 Å². The van der Waals surface area contributed by atoms with Crippen LogP contribution in [0.3, 0.4) is 0 Å². The number of nitrogens with two attached hydrogens (primary N) is 1. The van der Waals surface area contributed by atoms with Crippen LogP contribution < -0.4 is 15.8 Å². The number of ether oxygens (including phenoxy) is 1. The van der Waals surface area contributed by atoms with Gasteiger partial charge in [0.2, 0.25) is 5.91 Å². The molecular weight excluding hydrogens is 260 g/mol. The third-order valence-corrected chi connectivity index (χ3v) is 4.30. The van der Waals surface area contributed by atoms with Crippen molar-refractivity contribution in [2.75, 3.05) is 14.2 Å². The minimum absolute atomic E-state index is 0.276. The van der Waals surface area contributed by atoms with E-state index in [1.54, 1.807) is 25.9 Å². The van der Waals surface area contributed by atoms with E-state index in [1.807, 2.05) is 31.2 Å². The molecule has 1 rings (SSSR count). The summed E-state index contributed by atoms with van der Waals surface area (Å²) in [5.74, 6) is 0.520. The maximum absolute atomic E-state index is 11.5. The molecule has 5 heteroatoms. The summed E-state index contributed by atoms with van der Waals surface area (Å²) < 4.78 is 5.12. The van der Waals surface area contributed by atoms with Gasteiger partial charge in [0.05, 0.1) is 12.6 Å². The van der Waals surface area contributed by atoms with Crippen LogP contribution >= 0.6 is 11.8 Å². The minimum Gasteiger partial charge on any atom is -0.497 e. The molecule has 0 saturated heterocycles. The SMILES string of the molecule is CNC(C)(CC(C)Sc1ccc(OC)cc1)C(N)=O. The highest BCUT2D eigenvalue weighted by Gasteiger charge is 2.31. The van der Waals surface area contributed by atoms with Crippen LogP contribution in [-0.4, -0.2) is 30.9 Å². The van der Waals surface area contributed by atoms with E-state index in [4.69, 9.17) is 10.5 Å². The molecule has 0 aliphatic carbocycles. The fourth-order valence-electron chi connectivity index (χ4n) is 1.83. The number of amides is 1. The van der Waals surface area contributed by atoms with Crippen molar-refractivity contribution >= 4 is 17.7 Å². The third-order valence-electron chi connectivity index (χ3n) is 3.19. The van der Waals surface area contributed by atoms with Gasteiger partial charge in [0.25, 0.3) is 0 Å². The summed E-state index contributed by atoms with van der Waals surface area (Å²) in [4.78, 5) is 12.6. The Hall–Kier alpha value is -1.20. The predicted molar refractivity (Wildman–Crippen MR) is 79.6 cm³/mol. The number of methoxy groups -OCH3 is 1. The Balaban J connectivity index is 2.63. The molecule has 0 aliphatic rings. The van der Waals surface area contributed by atoms with Crippen LogP contribution in [0, 0.1) is 0 Å². The number of carbonyl (C=O) groups is 1. The van der Waals surface area contributed by atoms with Crippen LogP contribution in [0.25, 0.3) is 0 Å². The number of hydrogen-bond donors (Lipinski definition) is 2. The topological polar surface area (TPSA) is 64.3 Å². The largest absolute Gasteiger partial charge is 0.497 e. The lowest BCUT2D eigenvalue weighted by atomic mass is 9.95. The summed E-state index contributed by atoms with van der Waals surface area (Å²) in [5.41, 5.74) is 4.77. The highest BCUT2D eigenvalue weighted by molar-refractivity contribution is 7.99. The zero-order chi connectivity index (χ0) is 14.5. The molecule has 106 valence electrons. The molecule has 0 aromatic heterocycles. The number of likely N-dealkylation sites (N-methyl/N-ethyl adjacent to an activating group) is 1. The summed E-state index contributed by atoms with van der Waals surface area (Å²) in [6.45, 7) is 3.92. The van der Waals surface area contributed by atoms with Gasteiger partial charge in [-0.3, -0.25) is 4.79 Å². The average molecular weight is 282 g/mol. The van der Waals surface area contributed by atoms with Crippen LogP contribution in [0.5, 0.6) is 5.75 Å². The van der Waals surface area contributed by atoms with E-state index in [-0.39, 0.29) is 11.2 Å². The Kier molecular flexibility index (Phi) is 5.69. The summed E-state index contributed by atoms with van der Waals surface area (Å²) in [7, 11) is 3.41. The van der Waals surface area contributed by atoms with Gasteiger partial charge in [0, 0.05) is 10.1 Å². The van der Waals surface area contributed by atoms with Gasteiger partial charge in [-0.2, -0.15) is 0 Å². The van der Waals surface area contributed by atoms with Gasteiger partial charge in [0.1, 0.15) is 5.75 Å². The Morgan fingerprint density at radius 2 is 2.05 bits per heavy atom. The number of benzene rings is 1. The van der Waals surface area contributed by atoms with Crippen LogP contribution in [0.2, 0.25) is 0 Å². The second-order valence-electron chi connectivity index (χ2n) is 4.75. The molecule has 0 heterocycles. The fourth-order valence-corrected chi connectivity index (χ4v) is 3.00. The maximum atomic E-state index is 11.5. The van der Waals surface area contributed by atoms with Gasteiger partial charge < -0.3 is 15.8 Å². The number of thioether (sulfide) groups is 1. The van der Waals surface area contributed by atoms with Gasteiger partial charge in [-0.15, -0.1) is 11.8 Å². The van der Waals surface area contributed by atoms with Crippen LogP contribution in [-0.2, 0) is 4.79 Å². The molecule has 0 aliphatic heterocycles. The Morgan fingerprint density at radius 1 is 1.47 bits per heavy atom. The summed E-state index contributed by atoms with van der Waals surface area (Å²) >= 11 is 1.72. The predicted octanol–water partition coefficient (Wildman–Crippen LogP) is 2.03. The van der Waals surface area contributed by atoms with Crippen LogP contribution in [0.4, 0.5) is 0 Å². The Labute approximate surface area is 119 Å². The lowest BCUT2D eigenvalue weighted by Gasteiger charge is -2.28. The van der Waals surface area contributed by atoms with E-state index < -0.39 is 5.54 Å². The quantitative estimate of drug-likeness (QED) is 0.751. The summed E-state index contributed by atoms with van der Waals surface area (Å²) in [5, 5.41) is 3.28. The van der Waals surface area contributed by atoms with E-state index in [9.17, 15) is 4.79 Å². The van der Waals surface area contributed by atoms with Crippen molar-refractivity contribution in [1.29, 1.82) is 0 Å². The van der Waals surface area contributed by atoms with Gasteiger partial charge in [0.15, 0.2) is 0 Å². The van der Waals surface area contributed by atoms with Gasteiger partial charge in [-0.1, -0.05) is 6.92 Å². The molecule has 1 aromatic carbocycles. The summed E-state index contributed by atoms with van der Waals surface area (Å²) in [6, 6.07) is 7.89. The molecule has 2 unspecified atom stereocenters. The third kappa shape index (κ3) is 4.44. The standard InChI is InChI=1S/C14H22N2O2S/c1-10(9-14(2,16-3)13(15)17)19-12-7-5-11(18-4)6-8-12/h5-8,10,16H,9H2,1-4H3,(H2,15,17). The highest BCUT2D eigenvalue weighted by atomic mass is 32.2. The first-order chi connectivity index (χ1) is 8.91. The highest BCUT2D eigenvalue weighted by Crippen LogP contribution is 2.29. The Morgan fingerprint density at radius 3 is 2.47 bits per heavy atom. The first-order valence-electron chi connectivity index (χ1n) is 6.21. The van der Waals surface area contributed by atoms with E-state index in [1.165, 1.54) is 0 Å². The molecule has 0 saturated carbocycles. The fraction of sp³-hybridized carbons (Fsp3) is 0.500. The molecule has 19 heavy (non-hydrogen) atoms. The smallest absolute Gasteiger partial charge is 0.237 e. The number of carbonyl (C=O) groups excluding carboxylic acids is 1. The molecule has 2 atom stereocenters. The van der Waals surface area contributed by atoms with Gasteiger partial charge in [-0.05, 0) is 44.7 Å². The molecule has 1 amide bonds. The lowest BCUT2D eigenvalue weighted by Crippen LogP contribution is -2.52. The number of rotatable bonds is 7. The molecule has 0 fully saturated rings. The summed E-state index contributed by atoms with van der Waals surface area (Å²) in [6.07, 6.45) is 0.676. The second-order valence-corrected chi connectivity index (χ2v) is 6.27. The van der Waals surface area contributed by atoms with Gasteiger partial charge >= 0.3 is 0 Å². The van der Waals surface area contributed by atoms with Crippen LogP contribution in [0.15, 0.2) is 29.2 Å². The molecule has 0 radical (unpaired) electrons. The average Bonchev–Trinajstić information content (AvgIpc) is 2.39. The molecule has 4 nitrogen and oxygen atoms in total. The molecule has 3 N–H and O–H groups in total. The van der Waals surface area contributed by atoms with Crippen molar-refractivity contribution in [3.8, 4) is 5.75 Å². The minimum atomic E-state index is -0.668. The van der Waals surface area contributed by atoms with Gasteiger partial charge in [-0.25, -0.2) is 0 Å². The van der Waals surface area contributed by atoms with E-state index in [0.717, 1.165) is 10.6 Å². The van der Waals surface area contributed by atoms with E-state index >= 15 is 0 Å². The van der Waals surface area contributed by atoms with Crippen molar-refractivity contribution in [3.05, 3.63) is 24.3 Å². The lowest BCUT2D eigenvalue weighted by molar-refractivity contribution is -0.123. The zero-order valence-electron chi connectivity index (χ0n) is 11.9. The van der Waals surface area contributed by atoms with Crippen molar-refractivity contribution in [1.82, 2.24) is 5.32 Å². The maximum Gasteiger partial charge on any atom is 0.237 e. The Bertz CT molecular complexity index is 422. The zero-order valence-corrected chi connectivity index (χ0v) is 12.7. The first-order valence-corrected chi connectivity index (χ1v) is 7.09. The normalized spacial score (nSPS) is 15.6. The second kappa shape index (κ2) is 6.82. The molecular formula is C14H22N2O2S. The number of primary amides is 1. The van der Waals surface area contributed by atoms with Crippen molar-refractivity contribution in [3.63, 3.8) is 0 Å². The first kappa shape index (κ1) is 15.9. The number of hydrogen-bond acceptors (Lipinski definition) is 4. The molecule has 0 spiro atoms. The number of nitrogens with one attached hydrogen (secondary N) is 1.